The highest BCUT2D eigenvalue weighted by atomic mass is 16.3. The Bertz CT molecular complexity index is 258. The molecule has 0 fully saturated rings. The summed E-state index contributed by atoms with van der Waals surface area (Å²) in [7, 11) is 0. The van der Waals surface area contributed by atoms with Crippen LogP contribution in [-0.2, 0) is 6.54 Å². The molecule has 1 rings (SSSR count). The van der Waals surface area contributed by atoms with Crippen LogP contribution in [-0.4, -0.2) is 17.8 Å². The van der Waals surface area contributed by atoms with E-state index in [-0.39, 0.29) is 6.10 Å². The average molecular weight is 179 g/mol. The van der Waals surface area contributed by atoms with Crippen molar-refractivity contribution in [2.75, 3.05) is 6.54 Å². The molecule has 0 amide bonds. The predicted octanol–water partition coefficient (Wildman–Crippen LogP) is 1.47. The van der Waals surface area contributed by atoms with Crippen molar-refractivity contribution in [3.8, 4) is 0 Å². The van der Waals surface area contributed by atoms with E-state index in [2.05, 4.69) is 24.4 Å². The van der Waals surface area contributed by atoms with Gasteiger partial charge in [0.2, 0.25) is 0 Å². The van der Waals surface area contributed by atoms with Gasteiger partial charge in [0.25, 0.3) is 0 Å². The van der Waals surface area contributed by atoms with Gasteiger partial charge < -0.3 is 10.4 Å². The molecular formula is C11H17NO. The van der Waals surface area contributed by atoms with E-state index < -0.39 is 0 Å². The Morgan fingerprint density at radius 1 is 1.38 bits per heavy atom. The molecule has 1 aromatic rings. The Hall–Kier alpha value is -0.860. The zero-order valence-corrected chi connectivity index (χ0v) is 8.25. The first-order chi connectivity index (χ1) is 6.20. The summed E-state index contributed by atoms with van der Waals surface area (Å²) < 4.78 is 0. The van der Waals surface area contributed by atoms with Gasteiger partial charge in [-0.25, -0.2) is 0 Å². The number of hydrogen-bond donors (Lipinski definition) is 2. The second-order valence-corrected chi connectivity index (χ2v) is 3.41. The van der Waals surface area contributed by atoms with Crippen molar-refractivity contribution in [1.29, 1.82) is 0 Å². The molecule has 2 N–H and O–H groups in total. The van der Waals surface area contributed by atoms with Crippen molar-refractivity contribution >= 4 is 0 Å². The van der Waals surface area contributed by atoms with Crippen LogP contribution in [0.15, 0.2) is 24.3 Å². The second-order valence-electron chi connectivity index (χ2n) is 3.41. The SMILES string of the molecule is Cc1ccccc1CNC[C@H](C)O. The molecule has 0 radical (unpaired) electrons. The molecule has 0 bridgehead atoms. The van der Waals surface area contributed by atoms with Gasteiger partial charge in [-0.3, -0.25) is 0 Å². The summed E-state index contributed by atoms with van der Waals surface area (Å²) in [6.45, 7) is 5.36. The molecule has 0 saturated carbocycles. The summed E-state index contributed by atoms with van der Waals surface area (Å²) in [6.07, 6.45) is -0.274. The Labute approximate surface area is 79.6 Å². The average Bonchev–Trinajstić information content (AvgIpc) is 2.08. The van der Waals surface area contributed by atoms with Crippen molar-refractivity contribution < 1.29 is 5.11 Å². The molecule has 0 unspecified atom stereocenters. The van der Waals surface area contributed by atoms with Crippen molar-refractivity contribution in [3.63, 3.8) is 0 Å². The molecule has 0 aromatic heterocycles. The molecule has 0 heterocycles. The molecule has 2 nitrogen and oxygen atoms in total. The standard InChI is InChI=1S/C11H17NO/c1-9-5-3-4-6-11(9)8-12-7-10(2)13/h3-6,10,12-13H,7-8H2,1-2H3/t10-/m0/s1. The quantitative estimate of drug-likeness (QED) is 0.733. The molecule has 0 spiro atoms. The first-order valence-electron chi connectivity index (χ1n) is 4.63. The van der Waals surface area contributed by atoms with E-state index in [1.165, 1.54) is 11.1 Å². The minimum absolute atomic E-state index is 0.274. The second kappa shape index (κ2) is 5.00. The van der Waals surface area contributed by atoms with Crippen LogP contribution in [0.5, 0.6) is 0 Å². The normalized spacial score (nSPS) is 12.8. The molecule has 1 aromatic carbocycles. The zero-order valence-electron chi connectivity index (χ0n) is 8.25. The van der Waals surface area contributed by atoms with E-state index >= 15 is 0 Å². The van der Waals surface area contributed by atoms with Crippen LogP contribution in [0.4, 0.5) is 0 Å². The number of aliphatic hydroxyl groups is 1. The van der Waals surface area contributed by atoms with Crippen LogP contribution in [0.3, 0.4) is 0 Å². The molecule has 1 atom stereocenters. The van der Waals surface area contributed by atoms with Crippen molar-refractivity contribution in [3.05, 3.63) is 35.4 Å². The highest BCUT2D eigenvalue weighted by Gasteiger charge is 1.97. The van der Waals surface area contributed by atoms with Crippen LogP contribution in [0, 0.1) is 6.92 Å². The summed E-state index contributed by atoms with van der Waals surface area (Å²) in [5, 5.41) is 12.2. The van der Waals surface area contributed by atoms with Crippen LogP contribution in [0.1, 0.15) is 18.1 Å². The van der Waals surface area contributed by atoms with Crippen molar-refractivity contribution in [2.45, 2.75) is 26.5 Å². The maximum absolute atomic E-state index is 9.04. The lowest BCUT2D eigenvalue weighted by atomic mass is 10.1. The zero-order chi connectivity index (χ0) is 9.68. The third-order valence-corrected chi connectivity index (χ3v) is 2.02. The summed E-state index contributed by atoms with van der Waals surface area (Å²) in [5.41, 5.74) is 2.59. The maximum Gasteiger partial charge on any atom is 0.0636 e. The largest absolute Gasteiger partial charge is 0.392 e. The minimum atomic E-state index is -0.274. The van der Waals surface area contributed by atoms with E-state index in [0.29, 0.717) is 6.54 Å². The van der Waals surface area contributed by atoms with Gasteiger partial charge >= 0.3 is 0 Å². The first kappa shape index (κ1) is 10.2. The lowest BCUT2D eigenvalue weighted by molar-refractivity contribution is 0.191. The van der Waals surface area contributed by atoms with Crippen LogP contribution in [0.25, 0.3) is 0 Å². The van der Waals surface area contributed by atoms with E-state index in [1.807, 2.05) is 12.1 Å². The van der Waals surface area contributed by atoms with Gasteiger partial charge in [0.05, 0.1) is 6.10 Å². The molecule has 72 valence electrons. The van der Waals surface area contributed by atoms with E-state index in [1.54, 1.807) is 6.92 Å². The van der Waals surface area contributed by atoms with E-state index in [0.717, 1.165) is 6.54 Å². The molecular weight excluding hydrogens is 162 g/mol. The Morgan fingerprint density at radius 2 is 2.08 bits per heavy atom. The van der Waals surface area contributed by atoms with Crippen LogP contribution in [0.2, 0.25) is 0 Å². The van der Waals surface area contributed by atoms with Gasteiger partial charge in [0, 0.05) is 13.1 Å². The molecule has 0 saturated heterocycles. The third kappa shape index (κ3) is 3.57. The maximum atomic E-state index is 9.04. The van der Waals surface area contributed by atoms with Crippen molar-refractivity contribution in [2.24, 2.45) is 0 Å². The van der Waals surface area contributed by atoms with Gasteiger partial charge in [-0.05, 0) is 25.0 Å². The number of hydrogen-bond acceptors (Lipinski definition) is 2. The number of aliphatic hydroxyl groups excluding tert-OH is 1. The third-order valence-electron chi connectivity index (χ3n) is 2.02. The number of benzene rings is 1. The fourth-order valence-corrected chi connectivity index (χ4v) is 1.22. The van der Waals surface area contributed by atoms with E-state index in [9.17, 15) is 0 Å². The lowest BCUT2D eigenvalue weighted by Crippen LogP contribution is -2.24. The number of rotatable bonds is 4. The van der Waals surface area contributed by atoms with Crippen molar-refractivity contribution in [1.82, 2.24) is 5.32 Å². The predicted molar refractivity (Wildman–Crippen MR) is 54.6 cm³/mol. The summed E-state index contributed by atoms with van der Waals surface area (Å²) in [6, 6.07) is 8.27. The lowest BCUT2D eigenvalue weighted by Gasteiger charge is -2.08. The number of nitrogens with one attached hydrogen (secondary N) is 1. The topological polar surface area (TPSA) is 32.3 Å². The van der Waals surface area contributed by atoms with Crippen LogP contribution < -0.4 is 5.32 Å². The fourth-order valence-electron chi connectivity index (χ4n) is 1.22. The van der Waals surface area contributed by atoms with Gasteiger partial charge in [0.15, 0.2) is 0 Å². The van der Waals surface area contributed by atoms with Crippen LogP contribution >= 0.6 is 0 Å². The molecule has 2 heteroatoms. The van der Waals surface area contributed by atoms with Gasteiger partial charge in [-0.2, -0.15) is 0 Å². The molecule has 0 aliphatic heterocycles. The van der Waals surface area contributed by atoms with Gasteiger partial charge in [-0.1, -0.05) is 24.3 Å². The van der Waals surface area contributed by atoms with Gasteiger partial charge in [-0.15, -0.1) is 0 Å². The Morgan fingerprint density at radius 3 is 2.69 bits per heavy atom. The summed E-state index contributed by atoms with van der Waals surface area (Å²) >= 11 is 0. The highest BCUT2D eigenvalue weighted by molar-refractivity contribution is 5.25. The van der Waals surface area contributed by atoms with E-state index in [4.69, 9.17) is 5.11 Å². The summed E-state index contributed by atoms with van der Waals surface area (Å²) in [4.78, 5) is 0. The number of aryl methyl sites for hydroxylation is 1. The molecule has 13 heavy (non-hydrogen) atoms. The molecule has 0 aliphatic rings. The Kier molecular flexibility index (Phi) is 3.93. The summed E-state index contributed by atoms with van der Waals surface area (Å²) in [5.74, 6) is 0. The Balaban J connectivity index is 2.41. The smallest absolute Gasteiger partial charge is 0.0636 e. The minimum Gasteiger partial charge on any atom is -0.392 e. The highest BCUT2D eigenvalue weighted by Crippen LogP contribution is 2.05. The van der Waals surface area contributed by atoms with Gasteiger partial charge in [0.1, 0.15) is 0 Å². The fraction of sp³-hybridized carbons (Fsp3) is 0.455. The monoisotopic (exact) mass is 179 g/mol. The first-order valence-corrected chi connectivity index (χ1v) is 4.63. The molecule has 0 aliphatic carbocycles.